The molecule has 3 aromatic carbocycles. The summed E-state index contributed by atoms with van der Waals surface area (Å²) in [7, 11) is -4.07. The van der Waals surface area contributed by atoms with Gasteiger partial charge in [0, 0.05) is 5.69 Å². The van der Waals surface area contributed by atoms with E-state index in [9.17, 15) is 22.4 Å². The molecule has 0 aliphatic heterocycles. The summed E-state index contributed by atoms with van der Waals surface area (Å²) in [6.07, 6.45) is 0. The van der Waals surface area contributed by atoms with Crippen molar-refractivity contribution >= 4 is 33.3 Å². The molecule has 3 aromatic rings. The van der Waals surface area contributed by atoms with Crippen molar-refractivity contribution in [1.29, 1.82) is 0 Å². The average Bonchev–Trinajstić information content (AvgIpc) is 2.74. The van der Waals surface area contributed by atoms with Crippen LogP contribution >= 0.6 is 0 Å². The molecule has 9 heteroatoms. The first-order chi connectivity index (χ1) is 14.8. The number of benzene rings is 3. The number of carbonyl (C=O) groups excluding carboxylic acids is 2. The standard InChI is InChI=1S/C22H19FN2O5S/c1-15-6-2-4-8-19(15)24-21(26)14-30-22(27)18-7-3-5-9-20(18)25-31(28,29)17-12-10-16(23)11-13-17/h2-13,25H,14H2,1H3,(H,24,26). The van der Waals surface area contributed by atoms with Crippen molar-refractivity contribution in [3.05, 3.63) is 89.7 Å². The lowest BCUT2D eigenvalue weighted by atomic mass is 10.2. The third-order valence-corrected chi connectivity index (χ3v) is 5.65. The van der Waals surface area contributed by atoms with Gasteiger partial charge in [0.25, 0.3) is 15.9 Å². The van der Waals surface area contributed by atoms with Crippen LogP contribution in [0.5, 0.6) is 0 Å². The number of amides is 1. The highest BCUT2D eigenvalue weighted by Crippen LogP contribution is 2.21. The summed E-state index contributed by atoms with van der Waals surface area (Å²) in [5.74, 6) is -1.99. The van der Waals surface area contributed by atoms with E-state index in [1.807, 2.05) is 19.1 Å². The van der Waals surface area contributed by atoms with Crippen LogP contribution in [-0.4, -0.2) is 26.9 Å². The van der Waals surface area contributed by atoms with E-state index in [0.29, 0.717) is 5.69 Å². The van der Waals surface area contributed by atoms with Crippen molar-refractivity contribution in [3.8, 4) is 0 Å². The van der Waals surface area contributed by atoms with E-state index < -0.39 is 34.3 Å². The first kappa shape index (κ1) is 22.0. The third kappa shape index (κ3) is 5.67. The lowest BCUT2D eigenvalue weighted by Crippen LogP contribution is -2.22. The van der Waals surface area contributed by atoms with E-state index in [2.05, 4.69) is 10.0 Å². The van der Waals surface area contributed by atoms with Gasteiger partial charge in [0.1, 0.15) is 5.82 Å². The van der Waals surface area contributed by atoms with Gasteiger partial charge in [0.15, 0.2) is 6.61 Å². The fourth-order valence-electron chi connectivity index (χ4n) is 2.68. The Morgan fingerprint density at radius 2 is 1.52 bits per heavy atom. The zero-order valence-corrected chi connectivity index (χ0v) is 17.3. The third-order valence-electron chi connectivity index (χ3n) is 4.27. The second-order valence-electron chi connectivity index (χ2n) is 6.54. The van der Waals surface area contributed by atoms with Gasteiger partial charge in [0.2, 0.25) is 0 Å². The average molecular weight is 442 g/mol. The number of ether oxygens (including phenoxy) is 1. The quantitative estimate of drug-likeness (QED) is 0.543. The van der Waals surface area contributed by atoms with Crippen LogP contribution in [-0.2, 0) is 19.6 Å². The molecule has 7 nitrogen and oxygen atoms in total. The Bertz CT molecular complexity index is 1210. The first-order valence-corrected chi connectivity index (χ1v) is 10.6. The Labute approximate surface area is 178 Å². The number of esters is 1. The number of para-hydroxylation sites is 2. The van der Waals surface area contributed by atoms with Gasteiger partial charge in [-0.1, -0.05) is 30.3 Å². The van der Waals surface area contributed by atoms with Crippen molar-refractivity contribution in [3.63, 3.8) is 0 Å². The monoisotopic (exact) mass is 442 g/mol. The minimum Gasteiger partial charge on any atom is -0.452 e. The minimum absolute atomic E-state index is 0.0314. The van der Waals surface area contributed by atoms with Crippen LogP contribution in [0.1, 0.15) is 15.9 Å². The molecule has 0 aliphatic rings. The zero-order chi connectivity index (χ0) is 22.4. The Morgan fingerprint density at radius 1 is 0.903 bits per heavy atom. The summed E-state index contributed by atoms with van der Waals surface area (Å²) >= 11 is 0. The number of carbonyl (C=O) groups is 2. The SMILES string of the molecule is Cc1ccccc1NC(=O)COC(=O)c1ccccc1NS(=O)(=O)c1ccc(F)cc1. The van der Waals surface area contributed by atoms with Crippen LogP contribution < -0.4 is 10.0 Å². The summed E-state index contributed by atoms with van der Waals surface area (Å²) < 4.78 is 45.5. The minimum atomic E-state index is -4.07. The molecule has 2 N–H and O–H groups in total. The number of hydrogen-bond acceptors (Lipinski definition) is 5. The molecule has 0 unspecified atom stereocenters. The molecule has 0 radical (unpaired) electrons. The Morgan fingerprint density at radius 3 is 2.19 bits per heavy atom. The molecule has 0 aromatic heterocycles. The van der Waals surface area contributed by atoms with Crippen LogP contribution in [0, 0.1) is 12.7 Å². The number of nitrogens with one attached hydrogen (secondary N) is 2. The maximum atomic E-state index is 13.1. The molecule has 160 valence electrons. The van der Waals surface area contributed by atoms with Crippen LogP contribution in [0.2, 0.25) is 0 Å². The molecule has 0 aliphatic carbocycles. The van der Waals surface area contributed by atoms with Crippen LogP contribution in [0.25, 0.3) is 0 Å². The van der Waals surface area contributed by atoms with Crippen LogP contribution in [0.15, 0.2) is 77.7 Å². The highest BCUT2D eigenvalue weighted by Gasteiger charge is 2.20. The van der Waals surface area contributed by atoms with Gasteiger partial charge < -0.3 is 10.1 Å². The molecule has 0 saturated carbocycles. The maximum Gasteiger partial charge on any atom is 0.340 e. The first-order valence-electron chi connectivity index (χ1n) is 9.16. The molecular weight excluding hydrogens is 423 g/mol. The second kappa shape index (κ2) is 9.40. The van der Waals surface area contributed by atoms with Crippen molar-refractivity contribution in [2.75, 3.05) is 16.6 Å². The summed E-state index contributed by atoms with van der Waals surface area (Å²) in [5.41, 5.74) is 1.34. The van der Waals surface area contributed by atoms with Crippen molar-refractivity contribution in [1.82, 2.24) is 0 Å². The molecule has 0 atom stereocenters. The maximum absolute atomic E-state index is 13.1. The van der Waals surface area contributed by atoms with Gasteiger partial charge in [-0.25, -0.2) is 17.6 Å². The number of sulfonamides is 1. The normalized spacial score (nSPS) is 10.9. The largest absolute Gasteiger partial charge is 0.452 e. The predicted octanol–water partition coefficient (Wildman–Crippen LogP) is 3.73. The molecule has 0 saturated heterocycles. The van der Waals surface area contributed by atoms with Gasteiger partial charge in [-0.2, -0.15) is 0 Å². The predicted molar refractivity (Wildman–Crippen MR) is 114 cm³/mol. The van der Waals surface area contributed by atoms with Crippen LogP contribution in [0.3, 0.4) is 0 Å². The van der Waals surface area contributed by atoms with Gasteiger partial charge in [-0.3, -0.25) is 9.52 Å². The number of hydrogen-bond donors (Lipinski definition) is 2. The summed E-state index contributed by atoms with van der Waals surface area (Å²) in [6.45, 7) is 1.28. The molecule has 3 rings (SSSR count). The number of halogens is 1. The van der Waals surface area contributed by atoms with E-state index in [1.165, 1.54) is 24.3 Å². The summed E-state index contributed by atoms with van der Waals surface area (Å²) in [6, 6.07) is 17.2. The van der Waals surface area contributed by atoms with E-state index in [4.69, 9.17) is 4.74 Å². The Kier molecular flexibility index (Phi) is 6.66. The molecular formula is C22H19FN2O5S. The number of rotatable bonds is 7. The molecule has 0 fully saturated rings. The van der Waals surface area contributed by atoms with Crippen molar-refractivity contribution in [2.24, 2.45) is 0 Å². The lowest BCUT2D eigenvalue weighted by molar-refractivity contribution is -0.119. The fraction of sp³-hybridized carbons (Fsp3) is 0.0909. The molecule has 0 heterocycles. The fourth-order valence-corrected chi connectivity index (χ4v) is 3.76. The van der Waals surface area contributed by atoms with Gasteiger partial charge >= 0.3 is 5.97 Å². The number of aryl methyl sites for hydroxylation is 1. The highest BCUT2D eigenvalue weighted by atomic mass is 32.2. The summed E-state index contributed by atoms with van der Waals surface area (Å²) in [4.78, 5) is 24.4. The molecule has 0 spiro atoms. The van der Waals surface area contributed by atoms with Gasteiger partial charge in [-0.15, -0.1) is 0 Å². The van der Waals surface area contributed by atoms with E-state index in [0.717, 1.165) is 29.8 Å². The van der Waals surface area contributed by atoms with Gasteiger partial charge in [-0.05, 0) is 55.0 Å². The molecule has 0 bridgehead atoms. The van der Waals surface area contributed by atoms with E-state index in [1.54, 1.807) is 12.1 Å². The Hall–Kier alpha value is -3.72. The number of anilines is 2. The Balaban J connectivity index is 1.69. The van der Waals surface area contributed by atoms with Gasteiger partial charge in [0.05, 0.1) is 16.1 Å². The van der Waals surface area contributed by atoms with E-state index in [-0.39, 0.29) is 16.1 Å². The zero-order valence-electron chi connectivity index (χ0n) is 16.5. The smallest absolute Gasteiger partial charge is 0.340 e. The molecule has 31 heavy (non-hydrogen) atoms. The summed E-state index contributed by atoms with van der Waals surface area (Å²) in [5, 5.41) is 2.64. The van der Waals surface area contributed by atoms with Crippen molar-refractivity contribution in [2.45, 2.75) is 11.8 Å². The van der Waals surface area contributed by atoms with Crippen molar-refractivity contribution < 1.29 is 27.1 Å². The van der Waals surface area contributed by atoms with Crippen LogP contribution in [0.4, 0.5) is 15.8 Å². The van der Waals surface area contributed by atoms with E-state index >= 15 is 0 Å². The molecule has 1 amide bonds. The second-order valence-corrected chi connectivity index (χ2v) is 8.23. The highest BCUT2D eigenvalue weighted by molar-refractivity contribution is 7.92. The lowest BCUT2D eigenvalue weighted by Gasteiger charge is -2.13. The topological polar surface area (TPSA) is 102 Å².